The van der Waals surface area contributed by atoms with Crippen LogP contribution in [-0.2, 0) is 9.53 Å². The van der Waals surface area contributed by atoms with Gasteiger partial charge in [-0.2, -0.15) is 11.8 Å². The van der Waals surface area contributed by atoms with Crippen LogP contribution in [0.1, 0.15) is 26.2 Å². The summed E-state index contributed by atoms with van der Waals surface area (Å²) in [4.78, 5) is 27.0. The van der Waals surface area contributed by atoms with E-state index in [0.29, 0.717) is 17.8 Å². The molecule has 8 heteroatoms. The summed E-state index contributed by atoms with van der Waals surface area (Å²) in [6.07, 6.45) is 0.154. The van der Waals surface area contributed by atoms with Crippen molar-refractivity contribution in [3.05, 3.63) is 24.0 Å². The average molecular weight is 382 g/mol. The van der Waals surface area contributed by atoms with E-state index in [1.807, 2.05) is 23.6 Å². The molecule has 2 heterocycles. The second-order valence-electron chi connectivity index (χ2n) is 6.46. The predicted octanol–water partition coefficient (Wildman–Crippen LogP) is 3.35. The Balaban J connectivity index is 1.86. The van der Waals surface area contributed by atoms with Crippen LogP contribution in [0.3, 0.4) is 0 Å². The molecule has 0 bridgehead atoms. The number of aliphatic carboxylic acids is 1. The number of hydrogen-bond donors (Lipinski definition) is 1. The molecule has 142 valence electrons. The molecule has 2 aliphatic heterocycles. The van der Waals surface area contributed by atoms with Gasteiger partial charge in [0.15, 0.2) is 0 Å². The van der Waals surface area contributed by atoms with Crippen molar-refractivity contribution in [2.24, 2.45) is 0 Å². The number of carboxylic acid groups (broad SMARTS) is 1. The third kappa shape index (κ3) is 3.75. The van der Waals surface area contributed by atoms with Crippen molar-refractivity contribution in [1.29, 1.82) is 0 Å². The Morgan fingerprint density at radius 3 is 2.73 bits per heavy atom. The van der Waals surface area contributed by atoms with Crippen LogP contribution in [0.5, 0.6) is 0 Å². The second kappa shape index (κ2) is 8.16. The molecule has 6 nitrogen and oxygen atoms in total. The van der Waals surface area contributed by atoms with Gasteiger partial charge in [-0.1, -0.05) is 19.8 Å². The molecular weight excluding hydrogens is 359 g/mol. The third-order valence-electron chi connectivity index (χ3n) is 4.76. The number of ether oxygens (including phenoxy) is 1. The molecule has 0 spiro atoms. The van der Waals surface area contributed by atoms with Gasteiger partial charge in [0.1, 0.15) is 5.82 Å². The van der Waals surface area contributed by atoms with Gasteiger partial charge in [-0.3, -0.25) is 4.90 Å². The van der Waals surface area contributed by atoms with E-state index in [1.165, 1.54) is 11.0 Å². The van der Waals surface area contributed by atoms with Gasteiger partial charge in [-0.05, 0) is 24.6 Å². The topological polar surface area (TPSA) is 70.1 Å². The Morgan fingerprint density at radius 2 is 2.12 bits per heavy atom. The van der Waals surface area contributed by atoms with E-state index in [9.17, 15) is 19.1 Å². The van der Waals surface area contributed by atoms with Crippen molar-refractivity contribution in [2.45, 2.75) is 38.3 Å². The molecule has 0 aromatic heterocycles. The number of benzene rings is 1. The fraction of sp³-hybridized carbons (Fsp3) is 0.556. The first kappa shape index (κ1) is 18.8. The summed E-state index contributed by atoms with van der Waals surface area (Å²) < 4.78 is 19.7. The second-order valence-corrected chi connectivity index (χ2v) is 7.68. The number of halogens is 1. The smallest absolute Gasteiger partial charge is 0.415 e. The number of hydrogen-bond acceptors (Lipinski definition) is 5. The van der Waals surface area contributed by atoms with Crippen molar-refractivity contribution in [2.75, 3.05) is 34.4 Å². The van der Waals surface area contributed by atoms with E-state index < -0.39 is 30.0 Å². The molecule has 1 unspecified atom stereocenters. The zero-order valence-electron chi connectivity index (χ0n) is 14.7. The van der Waals surface area contributed by atoms with E-state index >= 15 is 0 Å². The van der Waals surface area contributed by atoms with Gasteiger partial charge in [0.25, 0.3) is 0 Å². The molecular formula is C18H23FN2O4S. The molecule has 1 N–H and O–H groups in total. The standard InChI is InChI=1S/C18H23FN2O4S/c1-2-3-4-15-16(17(22)23)25-18(24)21(15)12-5-6-14(13(19)11-12)20-7-9-26-10-8-20/h5-6,11,15-16H,2-4,7-10H2,1H3,(H,22,23)/t15?,16-/m1/s1. The summed E-state index contributed by atoms with van der Waals surface area (Å²) in [5.74, 6) is 0.331. The molecule has 2 aliphatic rings. The summed E-state index contributed by atoms with van der Waals surface area (Å²) in [5.41, 5.74) is 0.856. The number of carbonyl (C=O) groups is 2. The van der Waals surface area contributed by atoms with Gasteiger partial charge < -0.3 is 14.7 Å². The fourth-order valence-corrected chi connectivity index (χ4v) is 4.33. The Bertz CT molecular complexity index is 681. The van der Waals surface area contributed by atoms with Crippen LogP contribution in [0.4, 0.5) is 20.6 Å². The van der Waals surface area contributed by atoms with Crippen LogP contribution in [0, 0.1) is 5.82 Å². The van der Waals surface area contributed by atoms with E-state index in [0.717, 1.165) is 37.4 Å². The minimum atomic E-state index is -1.23. The zero-order chi connectivity index (χ0) is 18.7. The minimum Gasteiger partial charge on any atom is -0.478 e. The maximum Gasteiger partial charge on any atom is 0.415 e. The number of rotatable bonds is 6. The highest BCUT2D eigenvalue weighted by Crippen LogP contribution is 2.33. The SMILES string of the molecule is CCCCC1[C@H](C(=O)O)OC(=O)N1c1ccc(N2CCSCC2)c(F)c1. The fourth-order valence-electron chi connectivity index (χ4n) is 3.43. The summed E-state index contributed by atoms with van der Waals surface area (Å²) in [7, 11) is 0. The molecule has 0 saturated carbocycles. The molecule has 2 fully saturated rings. The Morgan fingerprint density at radius 1 is 1.38 bits per heavy atom. The maximum absolute atomic E-state index is 14.7. The Labute approximate surface area is 156 Å². The molecule has 26 heavy (non-hydrogen) atoms. The van der Waals surface area contributed by atoms with Crippen LogP contribution >= 0.6 is 11.8 Å². The van der Waals surface area contributed by atoms with Crippen LogP contribution in [0.25, 0.3) is 0 Å². The van der Waals surface area contributed by atoms with Gasteiger partial charge in [-0.15, -0.1) is 0 Å². The molecule has 1 aromatic carbocycles. The quantitative estimate of drug-likeness (QED) is 0.814. The number of carbonyl (C=O) groups excluding carboxylic acids is 1. The Kier molecular flexibility index (Phi) is 5.90. The number of carboxylic acids is 1. The lowest BCUT2D eigenvalue weighted by atomic mass is 10.0. The molecule has 0 radical (unpaired) electrons. The molecule has 3 rings (SSSR count). The summed E-state index contributed by atoms with van der Waals surface area (Å²) in [6.45, 7) is 3.56. The molecule has 0 aliphatic carbocycles. The predicted molar refractivity (Wildman–Crippen MR) is 99.6 cm³/mol. The average Bonchev–Trinajstić information content (AvgIpc) is 2.97. The largest absolute Gasteiger partial charge is 0.478 e. The first-order chi connectivity index (χ1) is 12.5. The number of unbranched alkanes of at least 4 members (excludes halogenated alkanes) is 1. The van der Waals surface area contributed by atoms with Crippen molar-refractivity contribution >= 4 is 35.2 Å². The number of thioether (sulfide) groups is 1. The normalized spacial score (nSPS) is 23.2. The highest BCUT2D eigenvalue weighted by atomic mass is 32.2. The lowest BCUT2D eigenvalue weighted by Gasteiger charge is -2.29. The van der Waals surface area contributed by atoms with Crippen LogP contribution in [0.15, 0.2) is 18.2 Å². The lowest BCUT2D eigenvalue weighted by molar-refractivity contribution is -0.145. The highest BCUT2D eigenvalue weighted by molar-refractivity contribution is 7.99. The summed E-state index contributed by atoms with van der Waals surface area (Å²) in [5, 5.41) is 9.35. The van der Waals surface area contributed by atoms with Crippen LogP contribution in [0.2, 0.25) is 0 Å². The zero-order valence-corrected chi connectivity index (χ0v) is 15.5. The van der Waals surface area contributed by atoms with Crippen LogP contribution < -0.4 is 9.80 Å². The Hall–Kier alpha value is -1.96. The summed E-state index contributed by atoms with van der Waals surface area (Å²) in [6, 6.07) is 4.02. The van der Waals surface area contributed by atoms with Crippen molar-refractivity contribution in [3.63, 3.8) is 0 Å². The van der Waals surface area contributed by atoms with Gasteiger partial charge in [0.05, 0.1) is 17.4 Å². The maximum atomic E-state index is 14.7. The van der Waals surface area contributed by atoms with Crippen LogP contribution in [-0.4, -0.2) is 53.9 Å². The third-order valence-corrected chi connectivity index (χ3v) is 5.71. The van der Waals surface area contributed by atoms with Gasteiger partial charge in [-0.25, -0.2) is 14.0 Å². The first-order valence-corrected chi connectivity index (χ1v) is 10.0. The van der Waals surface area contributed by atoms with Gasteiger partial charge >= 0.3 is 12.1 Å². The van der Waals surface area contributed by atoms with Gasteiger partial charge in [0.2, 0.25) is 6.10 Å². The number of anilines is 2. The minimum absolute atomic E-state index is 0.340. The summed E-state index contributed by atoms with van der Waals surface area (Å²) >= 11 is 1.84. The number of amides is 1. The highest BCUT2D eigenvalue weighted by Gasteiger charge is 2.46. The van der Waals surface area contributed by atoms with Crippen molar-refractivity contribution < 1.29 is 23.8 Å². The number of nitrogens with zero attached hydrogens (tertiary/aromatic N) is 2. The monoisotopic (exact) mass is 382 g/mol. The van der Waals surface area contributed by atoms with Gasteiger partial charge in [0, 0.05) is 24.6 Å². The first-order valence-electron chi connectivity index (χ1n) is 8.87. The molecule has 2 saturated heterocycles. The molecule has 1 amide bonds. The van der Waals surface area contributed by atoms with Crippen molar-refractivity contribution in [3.8, 4) is 0 Å². The molecule has 1 aromatic rings. The molecule has 2 atom stereocenters. The van der Waals surface area contributed by atoms with E-state index in [1.54, 1.807) is 12.1 Å². The van der Waals surface area contributed by atoms with E-state index in [-0.39, 0.29) is 0 Å². The number of cyclic esters (lactones) is 1. The van der Waals surface area contributed by atoms with Crippen molar-refractivity contribution in [1.82, 2.24) is 0 Å². The lowest BCUT2D eigenvalue weighted by Crippen LogP contribution is -2.40. The van der Waals surface area contributed by atoms with E-state index in [4.69, 9.17) is 4.74 Å². The van der Waals surface area contributed by atoms with E-state index in [2.05, 4.69) is 0 Å².